The van der Waals surface area contributed by atoms with E-state index in [1.807, 2.05) is 12.1 Å². The van der Waals surface area contributed by atoms with Gasteiger partial charge in [-0.2, -0.15) is 0 Å². The van der Waals surface area contributed by atoms with Gasteiger partial charge in [0, 0.05) is 5.56 Å². The molecule has 0 heterocycles. The summed E-state index contributed by atoms with van der Waals surface area (Å²) in [7, 11) is 3.13. The summed E-state index contributed by atoms with van der Waals surface area (Å²) in [6.07, 6.45) is 3.18. The van der Waals surface area contributed by atoms with Gasteiger partial charge in [0.15, 0.2) is 17.3 Å². The molecule has 0 saturated carbocycles. The Morgan fingerprint density at radius 2 is 1.45 bits per heavy atom. The molecule has 0 saturated heterocycles. The molecule has 5 nitrogen and oxygen atoms in total. The summed E-state index contributed by atoms with van der Waals surface area (Å²) in [4.78, 5) is 24.5. The highest BCUT2D eigenvalue weighted by Crippen LogP contribution is 2.28. The number of carbonyl (C=O) groups excluding carboxylic acids is 2. The maximum Gasteiger partial charge on any atom is 0.343 e. The summed E-state index contributed by atoms with van der Waals surface area (Å²) in [5, 5.41) is 0. The van der Waals surface area contributed by atoms with Crippen molar-refractivity contribution in [3.05, 3.63) is 95.6 Å². The van der Waals surface area contributed by atoms with Gasteiger partial charge < -0.3 is 14.2 Å². The van der Waals surface area contributed by atoms with Crippen molar-refractivity contribution in [2.24, 2.45) is 0 Å². The zero-order valence-corrected chi connectivity index (χ0v) is 16.1. The molecule has 3 rings (SSSR count). The first-order chi connectivity index (χ1) is 14.1. The maximum atomic E-state index is 12.4. The van der Waals surface area contributed by atoms with Gasteiger partial charge in [-0.3, -0.25) is 4.79 Å². The SMILES string of the molecule is COc1ccc(/C=C/C(=O)c2ccc(OC(=O)c3ccccc3)cc2)cc1OC. The van der Waals surface area contributed by atoms with Gasteiger partial charge in [-0.25, -0.2) is 4.79 Å². The van der Waals surface area contributed by atoms with Crippen LogP contribution < -0.4 is 14.2 Å². The second-order valence-electron chi connectivity index (χ2n) is 6.09. The molecule has 0 radical (unpaired) electrons. The molecule has 0 aliphatic rings. The first kappa shape index (κ1) is 19.9. The normalized spacial score (nSPS) is 10.6. The molecule has 5 heteroatoms. The van der Waals surface area contributed by atoms with E-state index in [9.17, 15) is 9.59 Å². The van der Waals surface area contributed by atoms with Crippen LogP contribution in [0.5, 0.6) is 17.2 Å². The molecule has 0 aliphatic carbocycles. The van der Waals surface area contributed by atoms with Crippen molar-refractivity contribution < 1.29 is 23.8 Å². The Bertz CT molecular complexity index is 1020. The third kappa shape index (κ3) is 5.11. The van der Waals surface area contributed by atoms with E-state index in [2.05, 4.69) is 0 Å². The fourth-order valence-electron chi connectivity index (χ4n) is 2.65. The molecule has 29 heavy (non-hydrogen) atoms. The molecule has 0 bridgehead atoms. The Hall–Kier alpha value is -3.86. The highest BCUT2D eigenvalue weighted by Gasteiger charge is 2.09. The van der Waals surface area contributed by atoms with Crippen LogP contribution in [0.4, 0.5) is 0 Å². The van der Waals surface area contributed by atoms with Crippen LogP contribution in [0.3, 0.4) is 0 Å². The van der Waals surface area contributed by atoms with E-state index >= 15 is 0 Å². The Morgan fingerprint density at radius 1 is 0.759 bits per heavy atom. The second-order valence-corrected chi connectivity index (χ2v) is 6.09. The lowest BCUT2D eigenvalue weighted by atomic mass is 10.1. The Labute approximate surface area is 169 Å². The topological polar surface area (TPSA) is 61.8 Å². The van der Waals surface area contributed by atoms with Gasteiger partial charge in [-0.05, 0) is 60.2 Å². The van der Waals surface area contributed by atoms with Gasteiger partial charge in [0.25, 0.3) is 0 Å². The highest BCUT2D eigenvalue weighted by molar-refractivity contribution is 6.07. The predicted octanol–water partition coefficient (Wildman–Crippen LogP) is 4.82. The van der Waals surface area contributed by atoms with E-state index in [1.165, 1.54) is 6.08 Å². The Balaban J connectivity index is 1.66. The number of allylic oxidation sites excluding steroid dienone is 1. The van der Waals surface area contributed by atoms with Crippen molar-refractivity contribution >= 4 is 17.8 Å². The van der Waals surface area contributed by atoms with Crippen LogP contribution in [0.2, 0.25) is 0 Å². The number of benzene rings is 3. The van der Waals surface area contributed by atoms with Gasteiger partial charge >= 0.3 is 5.97 Å². The lowest BCUT2D eigenvalue weighted by molar-refractivity contribution is 0.0734. The maximum absolute atomic E-state index is 12.4. The van der Waals surface area contributed by atoms with Gasteiger partial charge in [0.1, 0.15) is 5.75 Å². The lowest BCUT2D eigenvalue weighted by Gasteiger charge is -2.07. The van der Waals surface area contributed by atoms with E-state index in [-0.39, 0.29) is 5.78 Å². The smallest absolute Gasteiger partial charge is 0.343 e. The summed E-state index contributed by atoms with van der Waals surface area (Å²) in [6.45, 7) is 0. The van der Waals surface area contributed by atoms with Crippen molar-refractivity contribution in [3.63, 3.8) is 0 Å². The summed E-state index contributed by atoms with van der Waals surface area (Å²) >= 11 is 0. The number of ether oxygens (including phenoxy) is 3. The van der Waals surface area contributed by atoms with Gasteiger partial charge in [0.05, 0.1) is 19.8 Å². The largest absolute Gasteiger partial charge is 0.493 e. The van der Waals surface area contributed by atoms with E-state index in [0.29, 0.717) is 28.4 Å². The first-order valence-electron chi connectivity index (χ1n) is 8.92. The van der Waals surface area contributed by atoms with E-state index in [4.69, 9.17) is 14.2 Å². The molecule has 0 aliphatic heterocycles. The zero-order valence-electron chi connectivity index (χ0n) is 16.1. The van der Waals surface area contributed by atoms with Crippen LogP contribution in [0.1, 0.15) is 26.3 Å². The van der Waals surface area contributed by atoms with Gasteiger partial charge in [-0.1, -0.05) is 30.3 Å². The first-order valence-corrected chi connectivity index (χ1v) is 8.92. The molecule has 0 atom stereocenters. The molecular formula is C24H20O5. The molecule has 0 unspecified atom stereocenters. The Morgan fingerprint density at radius 3 is 2.10 bits per heavy atom. The molecule has 0 amide bonds. The van der Waals surface area contributed by atoms with Crippen LogP contribution in [0.15, 0.2) is 78.9 Å². The summed E-state index contributed by atoms with van der Waals surface area (Å²) in [5.41, 5.74) is 1.76. The summed E-state index contributed by atoms with van der Waals surface area (Å²) in [5.74, 6) is 0.973. The minimum Gasteiger partial charge on any atom is -0.493 e. The Kier molecular flexibility index (Phi) is 6.43. The quantitative estimate of drug-likeness (QED) is 0.251. The number of ketones is 1. The van der Waals surface area contributed by atoms with Crippen LogP contribution in [-0.4, -0.2) is 26.0 Å². The molecule has 0 N–H and O–H groups in total. The van der Waals surface area contributed by atoms with Crippen molar-refractivity contribution in [2.75, 3.05) is 14.2 Å². The van der Waals surface area contributed by atoms with Gasteiger partial charge in [-0.15, -0.1) is 0 Å². The molecule has 0 aromatic heterocycles. The van der Waals surface area contributed by atoms with E-state index in [1.54, 1.807) is 81.0 Å². The minimum atomic E-state index is -0.446. The molecule has 3 aromatic rings. The van der Waals surface area contributed by atoms with Crippen LogP contribution in [0, 0.1) is 0 Å². The zero-order chi connectivity index (χ0) is 20.6. The van der Waals surface area contributed by atoms with Crippen LogP contribution in [-0.2, 0) is 0 Å². The number of carbonyl (C=O) groups is 2. The average Bonchev–Trinajstić information content (AvgIpc) is 2.78. The average molecular weight is 388 g/mol. The van der Waals surface area contributed by atoms with Crippen molar-refractivity contribution in [1.82, 2.24) is 0 Å². The third-order valence-electron chi connectivity index (χ3n) is 4.19. The predicted molar refractivity (Wildman–Crippen MR) is 111 cm³/mol. The van der Waals surface area contributed by atoms with Crippen LogP contribution >= 0.6 is 0 Å². The second kappa shape index (κ2) is 9.37. The standard InChI is InChI=1S/C24H20O5/c1-27-22-15-9-17(16-23(22)28-2)8-14-21(25)18-10-12-20(13-11-18)29-24(26)19-6-4-3-5-7-19/h3-16H,1-2H3/b14-8+. The van der Waals surface area contributed by atoms with E-state index < -0.39 is 5.97 Å². The number of rotatable bonds is 7. The van der Waals surface area contributed by atoms with Gasteiger partial charge in [0.2, 0.25) is 0 Å². The molecule has 3 aromatic carbocycles. The number of hydrogen-bond donors (Lipinski definition) is 0. The number of hydrogen-bond acceptors (Lipinski definition) is 5. The summed E-state index contributed by atoms with van der Waals surface area (Å²) in [6, 6.07) is 20.5. The lowest BCUT2D eigenvalue weighted by Crippen LogP contribution is -2.08. The fourth-order valence-corrected chi connectivity index (χ4v) is 2.65. The molecule has 0 fully saturated rings. The highest BCUT2D eigenvalue weighted by atomic mass is 16.5. The minimum absolute atomic E-state index is 0.166. The number of esters is 1. The van der Waals surface area contributed by atoms with Crippen molar-refractivity contribution in [2.45, 2.75) is 0 Å². The van der Waals surface area contributed by atoms with E-state index in [0.717, 1.165) is 5.56 Å². The van der Waals surface area contributed by atoms with Crippen molar-refractivity contribution in [3.8, 4) is 17.2 Å². The fraction of sp³-hybridized carbons (Fsp3) is 0.0833. The molecular weight excluding hydrogens is 368 g/mol. The van der Waals surface area contributed by atoms with Crippen LogP contribution in [0.25, 0.3) is 6.08 Å². The molecule has 0 spiro atoms. The summed E-state index contributed by atoms with van der Waals surface area (Å²) < 4.78 is 15.8. The van der Waals surface area contributed by atoms with Crippen molar-refractivity contribution in [1.29, 1.82) is 0 Å². The third-order valence-corrected chi connectivity index (χ3v) is 4.19. The number of methoxy groups -OCH3 is 2. The monoisotopic (exact) mass is 388 g/mol. The molecule has 146 valence electrons.